The monoisotopic (exact) mass is 293 g/mol. The van der Waals surface area contributed by atoms with Gasteiger partial charge in [-0.2, -0.15) is 4.31 Å². The third-order valence-electron chi connectivity index (χ3n) is 3.37. The first kappa shape index (κ1) is 13.2. The molecule has 0 bridgehead atoms. The number of H-pyrrole nitrogens is 1. The number of hydrogen-bond donors (Lipinski definition) is 1. The zero-order valence-corrected chi connectivity index (χ0v) is 11.8. The van der Waals surface area contributed by atoms with Crippen LogP contribution in [-0.2, 0) is 10.0 Å². The van der Waals surface area contributed by atoms with E-state index in [0.717, 1.165) is 12.8 Å². The molecule has 0 aliphatic carbocycles. The summed E-state index contributed by atoms with van der Waals surface area (Å²) in [6.07, 6.45) is 9.43. The Hall–Kier alpha value is -1.80. The zero-order valence-electron chi connectivity index (χ0n) is 11.0. The van der Waals surface area contributed by atoms with E-state index in [1.54, 1.807) is 24.8 Å². The highest BCUT2D eigenvalue weighted by molar-refractivity contribution is 7.88. The van der Waals surface area contributed by atoms with E-state index in [-0.39, 0.29) is 6.04 Å². The summed E-state index contributed by atoms with van der Waals surface area (Å²) < 4.78 is 25.1. The maximum atomic E-state index is 11.8. The average molecular weight is 293 g/mol. The van der Waals surface area contributed by atoms with Crippen molar-refractivity contribution in [3.05, 3.63) is 30.5 Å². The summed E-state index contributed by atoms with van der Waals surface area (Å²) in [5.74, 6) is 0.628. The largest absolute Gasteiger partial charge is 0.343 e. The van der Waals surface area contributed by atoms with Crippen LogP contribution in [0.5, 0.6) is 0 Å². The first-order chi connectivity index (χ1) is 9.55. The third-order valence-corrected chi connectivity index (χ3v) is 4.65. The Morgan fingerprint density at radius 3 is 2.95 bits per heavy atom. The number of nitrogens with zero attached hydrogens (tertiary/aromatic N) is 4. The lowest BCUT2D eigenvalue weighted by Crippen LogP contribution is -2.30. The SMILES string of the molecule is CS(=O)(=O)N1CCC[C@@H]1c1cncc(-c2ncc[nH]2)n1. The van der Waals surface area contributed by atoms with E-state index in [9.17, 15) is 8.42 Å². The molecule has 0 amide bonds. The van der Waals surface area contributed by atoms with Gasteiger partial charge in [0.05, 0.1) is 30.4 Å². The predicted molar refractivity (Wildman–Crippen MR) is 73.1 cm³/mol. The predicted octanol–water partition coefficient (Wildman–Crippen LogP) is 0.963. The highest BCUT2D eigenvalue weighted by Crippen LogP contribution is 2.32. The lowest BCUT2D eigenvalue weighted by molar-refractivity contribution is 0.393. The minimum Gasteiger partial charge on any atom is -0.343 e. The molecule has 1 aliphatic rings. The lowest BCUT2D eigenvalue weighted by atomic mass is 10.1. The van der Waals surface area contributed by atoms with Crippen molar-refractivity contribution < 1.29 is 8.42 Å². The van der Waals surface area contributed by atoms with Gasteiger partial charge in [0.2, 0.25) is 10.0 Å². The van der Waals surface area contributed by atoms with Crippen LogP contribution in [0.2, 0.25) is 0 Å². The van der Waals surface area contributed by atoms with Crippen LogP contribution in [0, 0.1) is 0 Å². The number of hydrogen-bond acceptors (Lipinski definition) is 5. The maximum Gasteiger partial charge on any atom is 0.211 e. The van der Waals surface area contributed by atoms with Crippen LogP contribution in [0.1, 0.15) is 24.6 Å². The highest BCUT2D eigenvalue weighted by atomic mass is 32.2. The topological polar surface area (TPSA) is 91.8 Å². The molecule has 20 heavy (non-hydrogen) atoms. The maximum absolute atomic E-state index is 11.8. The van der Waals surface area contributed by atoms with Crippen LogP contribution in [-0.4, -0.2) is 45.5 Å². The summed E-state index contributed by atoms with van der Waals surface area (Å²) in [4.78, 5) is 15.8. The molecular formula is C12H15N5O2S. The molecule has 1 aliphatic heterocycles. The molecule has 1 atom stereocenters. The minimum absolute atomic E-state index is 0.229. The molecular weight excluding hydrogens is 278 g/mol. The Bertz CT molecular complexity index is 698. The van der Waals surface area contributed by atoms with E-state index in [0.29, 0.717) is 23.8 Å². The lowest BCUT2D eigenvalue weighted by Gasteiger charge is -2.21. The third kappa shape index (κ3) is 2.44. The molecule has 1 saturated heterocycles. The van der Waals surface area contributed by atoms with Crippen LogP contribution in [0.4, 0.5) is 0 Å². The number of sulfonamides is 1. The van der Waals surface area contributed by atoms with Crippen molar-refractivity contribution in [1.29, 1.82) is 0 Å². The number of rotatable bonds is 3. The van der Waals surface area contributed by atoms with Gasteiger partial charge in [0, 0.05) is 18.9 Å². The Morgan fingerprint density at radius 2 is 2.25 bits per heavy atom. The Morgan fingerprint density at radius 1 is 1.40 bits per heavy atom. The quantitative estimate of drug-likeness (QED) is 0.910. The molecule has 7 nitrogen and oxygen atoms in total. The van der Waals surface area contributed by atoms with Crippen LogP contribution < -0.4 is 0 Å². The molecule has 1 fully saturated rings. The van der Waals surface area contributed by atoms with Gasteiger partial charge in [-0.3, -0.25) is 4.98 Å². The number of aromatic nitrogens is 4. The van der Waals surface area contributed by atoms with E-state index in [1.807, 2.05) is 0 Å². The molecule has 3 heterocycles. The Kier molecular flexibility index (Phi) is 3.27. The van der Waals surface area contributed by atoms with Crippen molar-refractivity contribution >= 4 is 10.0 Å². The molecule has 0 aromatic carbocycles. The summed E-state index contributed by atoms with van der Waals surface area (Å²) in [5.41, 5.74) is 1.29. The fourth-order valence-corrected chi connectivity index (χ4v) is 3.63. The van der Waals surface area contributed by atoms with Crippen molar-refractivity contribution in [2.24, 2.45) is 0 Å². The summed E-state index contributed by atoms with van der Waals surface area (Å²) in [5, 5.41) is 0. The highest BCUT2D eigenvalue weighted by Gasteiger charge is 2.33. The summed E-state index contributed by atoms with van der Waals surface area (Å²) in [6.45, 7) is 0.538. The first-order valence-corrected chi connectivity index (χ1v) is 8.19. The average Bonchev–Trinajstić information content (AvgIpc) is 3.10. The Balaban J connectivity index is 1.97. The standard InChI is InChI=1S/C12H15N5O2S/c1-20(18,19)17-6-2-3-11(17)9-7-13-8-10(16-9)12-14-4-5-15-12/h4-5,7-8,11H,2-3,6H2,1H3,(H,14,15)/t11-/m1/s1. The molecule has 106 valence electrons. The van der Waals surface area contributed by atoms with Crippen LogP contribution >= 0.6 is 0 Å². The summed E-state index contributed by atoms with van der Waals surface area (Å²) >= 11 is 0. The van der Waals surface area contributed by atoms with Gasteiger partial charge in [-0.05, 0) is 12.8 Å². The molecule has 0 spiro atoms. The van der Waals surface area contributed by atoms with Gasteiger partial charge in [0.15, 0.2) is 5.82 Å². The summed E-state index contributed by atoms with van der Waals surface area (Å²) in [6, 6.07) is -0.229. The second-order valence-corrected chi connectivity index (χ2v) is 6.73. The smallest absolute Gasteiger partial charge is 0.211 e. The van der Waals surface area contributed by atoms with Crippen molar-refractivity contribution in [3.63, 3.8) is 0 Å². The van der Waals surface area contributed by atoms with Gasteiger partial charge >= 0.3 is 0 Å². The molecule has 8 heteroatoms. The molecule has 0 radical (unpaired) electrons. The minimum atomic E-state index is -3.22. The number of nitrogens with one attached hydrogen (secondary N) is 1. The van der Waals surface area contributed by atoms with Gasteiger partial charge in [0.1, 0.15) is 5.69 Å². The molecule has 1 N–H and O–H groups in total. The first-order valence-electron chi connectivity index (χ1n) is 6.34. The fourth-order valence-electron chi connectivity index (χ4n) is 2.49. The molecule has 0 unspecified atom stereocenters. The van der Waals surface area contributed by atoms with E-state index < -0.39 is 10.0 Å². The van der Waals surface area contributed by atoms with Crippen molar-refractivity contribution in [1.82, 2.24) is 24.2 Å². The second kappa shape index (κ2) is 4.95. The van der Waals surface area contributed by atoms with E-state index in [1.165, 1.54) is 10.6 Å². The van der Waals surface area contributed by atoms with Gasteiger partial charge in [-0.1, -0.05) is 0 Å². The van der Waals surface area contributed by atoms with Crippen LogP contribution in [0.15, 0.2) is 24.8 Å². The normalized spacial score (nSPS) is 20.4. The fraction of sp³-hybridized carbons (Fsp3) is 0.417. The van der Waals surface area contributed by atoms with E-state index >= 15 is 0 Å². The van der Waals surface area contributed by atoms with Crippen molar-refractivity contribution in [3.8, 4) is 11.5 Å². The van der Waals surface area contributed by atoms with Gasteiger partial charge in [-0.25, -0.2) is 18.4 Å². The molecule has 2 aromatic heterocycles. The van der Waals surface area contributed by atoms with Crippen LogP contribution in [0.25, 0.3) is 11.5 Å². The van der Waals surface area contributed by atoms with Crippen molar-refractivity contribution in [2.75, 3.05) is 12.8 Å². The number of imidazole rings is 1. The molecule has 3 rings (SSSR count). The second-order valence-electron chi connectivity index (χ2n) is 4.80. The van der Waals surface area contributed by atoms with Crippen molar-refractivity contribution in [2.45, 2.75) is 18.9 Å². The Labute approximate surface area is 117 Å². The number of aromatic amines is 1. The summed E-state index contributed by atoms with van der Waals surface area (Å²) in [7, 11) is -3.22. The molecule has 2 aromatic rings. The van der Waals surface area contributed by atoms with Gasteiger partial charge in [0.25, 0.3) is 0 Å². The van der Waals surface area contributed by atoms with E-state index in [4.69, 9.17) is 0 Å². The molecule has 0 saturated carbocycles. The van der Waals surface area contributed by atoms with E-state index in [2.05, 4.69) is 19.9 Å². The van der Waals surface area contributed by atoms with Crippen LogP contribution in [0.3, 0.4) is 0 Å². The van der Waals surface area contributed by atoms with Gasteiger partial charge in [-0.15, -0.1) is 0 Å². The zero-order chi connectivity index (χ0) is 14.2. The van der Waals surface area contributed by atoms with Gasteiger partial charge < -0.3 is 4.98 Å².